The van der Waals surface area contributed by atoms with Crippen LogP contribution in [0.4, 0.5) is 0 Å². The molecule has 2 atom stereocenters. The zero-order chi connectivity index (χ0) is 16.1. The van der Waals surface area contributed by atoms with Gasteiger partial charge in [0, 0.05) is 13.2 Å². The van der Waals surface area contributed by atoms with Crippen LogP contribution in [0, 0.1) is 5.92 Å². The Labute approximate surface area is 128 Å². The number of aliphatic hydroxyl groups is 1. The van der Waals surface area contributed by atoms with E-state index in [-0.39, 0.29) is 23.9 Å². The minimum Gasteiger partial charge on any atom is -0.466 e. The van der Waals surface area contributed by atoms with Crippen LogP contribution in [-0.4, -0.2) is 61.0 Å². The van der Waals surface area contributed by atoms with E-state index in [1.807, 2.05) is 32.8 Å². The van der Waals surface area contributed by atoms with Gasteiger partial charge in [0.15, 0.2) is 0 Å². The average molecular weight is 301 g/mol. The predicted molar refractivity (Wildman–Crippen MR) is 82.1 cm³/mol. The number of carbonyl (C=O) groups excluding carboxylic acids is 1. The molecule has 1 heterocycles. The van der Waals surface area contributed by atoms with Gasteiger partial charge in [-0.2, -0.15) is 0 Å². The first-order valence-electron chi connectivity index (χ1n) is 7.79. The Morgan fingerprint density at radius 3 is 2.71 bits per heavy atom. The molecule has 0 radical (unpaired) electrons. The molecule has 1 fully saturated rings. The normalized spacial score (nSPS) is 24.6. The lowest BCUT2D eigenvalue weighted by Gasteiger charge is -2.42. The summed E-state index contributed by atoms with van der Waals surface area (Å²) >= 11 is 0. The van der Waals surface area contributed by atoms with Crippen molar-refractivity contribution in [2.75, 3.05) is 33.9 Å². The highest BCUT2D eigenvalue weighted by molar-refractivity contribution is 5.70. The lowest BCUT2D eigenvalue weighted by Crippen LogP contribution is -2.45. The molecule has 5 heteroatoms. The number of ether oxygens (including phenoxy) is 2. The maximum absolute atomic E-state index is 11.9. The lowest BCUT2D eigenvalue weighted by molar-refractivity contribution is -0.158. The molecule has 1 N–H and O–H groups in total. The topological polar surface area (TPSA) is 59.0 Å². The van der Waals surface area contributed by atoms with E-state index in [0.29, 0.717) is 13.2 Å². The smallest absolute Gasteiger partial charge is 0.308 e. The van der Waals surface area contributed by atoms with Crippen LogP contribution in [0.1, 0.15) is 46.5 Å². The van der Waals surface area contributed by atoms with E-state index < -0.39 is 5.60 Å². The fraction of sp³-hybridized carbons (Fsp3) is 0.938. The van der Waals surface area contributed by atoms with Crippen LogP contribution in [0.5, 0.6) is 0 Å². The van der Waals surface area contributed by atoms with E-state index in [0.717, 1.165) is 25.8 Å². The molecule has 0 saturated carbocycles. The highest BCUT2D eigenvalue weighted by Crippen LogP contribution is 2.37. The van der Waals surface area contributed by atoms with Gasteiger partial charge in [0.2, 0.25) is 0 Å². The summed E-state index contributed by atoms with van der Waals surface area (Å²) in [7, 11) is 3.97. The quantitative estimate of drug-likeness (QED) is 0.574. The molecule has 1 saturated heterocycles. The monoisotopic (exact) mass is 301 g/mol. The highest BCUT2D eigenvalue weighted by atomic mass is 16.5. The summed E-state index contributed by atoms with van der Waals surface area (Å²) in [6.45, 7) is 7.71. The molecule has 0 aromatic heterocycles. The highest BCUT2D eigenvalue weighted by Gasteiger charge is 2.40. The van der Waals surface area contributed by atoms with Crippen molar-refractivity contribution in [2.45, 2.75) is 57.7 Å². The van der Waals surface area contributed by atoms with Crippen LogP contribution in [-0.2, 0) is 14.3 Å². The average Bonchev–Trinajstić information content (AvgIpc) is 2.32. The molecule has 21 heavy (non-hydrogen) atoms. The maximum atomic E-state index is 11.9. The summed E-state index contributed by atoms with van der Waals surface area (Å²) in [6, 6.07) is 0. The van der Waals surface area contributed by atoms with Gasteiger partial charge in [0.1, 0.15) is 0 Å². The van der Waals surface area contributed by atoms with Crippen LogP contribution < -0.4 is 0 Å². The molecule has 1 aliphatic rings. The predicted octanol–water partition coefficient (Wildman–Crippen LogP) is 1.83. The summed E-state index contributed by atoms with van der Waals surface area (Å²) in [5.41, 5.74) is -1.26. The van der Waals surface area contributed by atoms with Crippen LogP contribution in [0.3, 0.4) is 0 Å². The number of carbonyl (C=O) groups is 1. The third kappa shape index (κ3) is 6.76. The first-order chi connectivity index (χ1) is 9.62. The number of hydrogen-bond donors (Lipinski definition) is 1. The van der Waals surface area contributed by atoms with Crippen molar-refractivity contribution in [1.29, 1.82) is 0 Å². The van der Waals surface area contributed by atoms with Gasteiger partial charge in [0.25, 0.3) is 0 Å². The molecule has 1 rings (SSSR count). The number of nitrogens with zero attached hydrogens (tertiary/aromatic N) is 1. The summed E-state index contributed by atoms with van der Waals surface area (Å²) < 4.78 is 10.9. The Balaban J connectivity index is 2.38. The van der Waals surface area contributed by atoms with Gasteiger partial charge in [0.05, 0.1) is 24.2 Å². The zero-order valence-corrected chi connectivity index (χ0v) is 14.1. The van der Waals surface area contributed by atoms with E-state index >= 15 is 0 Å². The number of rotatable bonds is 7. The van der Waals surface area contributed by atoms with Gasteiger partial charge in [-0.1, -0.05) is 0 Å². The second kappa shape index (κ2) is 7.56. The summed E-state index contributed by atoms with van der Waals surface area (Å²) in [4.78, 5) is 13.9. The molecular weight excluding hydrogens is 270 g/mol. The standard InChI is InChI=1S/C16H31NO4/c1-15(2)11-13(7-10-21-15)16(3,19)12-14(18)20-9-6-8-17(4)5/h13,19H,6-12H2,1-5H3. The van der Waals surface area contributed by atoms with Gasteiger partial charge in [-0.25, -0.2) is 0 Å². The minimum absolute atomic E-state index is 0.0513. The third-order valence-electron chi connectivity index (χ3n) is 4.09. The van der Waals surface area contributed by atoms with E-state index in [1.54, 1.807) is 6.92 Å². The Morgan fingerprint density at radius 2 is 2.14 bits per heavy atom. The van der Waals surface area contributed by atoms with Gasteiger partial charge in [-0.15, -0.1) is 0 Å². The second-order valence-corrected chi connectivity index (χ2v) is 7.21. The Hall–Kier alpha value is -0.650. The fourth-order valence-corrected chi connectivity index (χ4v) is 2.82. The van der Waals surface area contributed by atoms with Crippen molar-refractivity contribution < 1.29 is 19.4 Å². The molecule has 2 unspecified atom stereocenters. The molecule has 0 aromatic carbocycles. The molecule has 0 spiro atoms. The van der Waals surface area contributed by atoms with E-state index in [9.17, 15) is 9.90 Å². The molecule has 0 aromatic rings. The summed E-state index contributed by atoms with van der Waals surface area (Å²) in [5, 5.41) is 10.6. The molecule has 124 valence electrons. The van der Waals surface area contributed by atoms with Gasteiger partial charge < -0.3 is 19.5 Å². The maximum Gasteiger partial charge on any atom is 0.308 e. The van der Waals surface area contributed by atoms with Crippen LogP contribution in [0.15, 0.2) is 0 Å². The SMILES string of the molecule is CN(C)CCCOC(=O)CC(C)(O)C1CCOC(C)(C)C1. The van der Waals surface area contributed by atoms with Gasteiger partial charge >= 0.3 is 5.97 Å². The summed E-state index contributed by atoms with van der Waals surface area (Å²) in [5.74, 6) is -0.251. The van der Waals surface area contributed by atoms with Gasteiger partial charge in [-0.3, -0.25) is 4.79 Å². The van der Waals surface area contributed by atoms with Crippen molar-refractivity contribution in [1.82, 2.24) is 4.90 Å². The largest absolute Gasteiger partial charge is 0.466 e. The Morgan fingerprint density at radius 1 is 1.48 bits per heavy atom. The van der Waals surface area contributed by atoms with Gasteiger partial charge in [-0.05, 0) is 60.0 Å². The Bertz CT molecular complexity index is 339. The lowest BCUT2D eigenvalue weighted by atomic mass is 9.76. The minimum atomic E-state index is -1.03. The Kier molecular flexibility index (Phi) is 6.63. The van der Waals surface area contributed by atoms with E-state index in [2.05, 4.69) is 0 Å². The van der Waals surface area contributed by atoms with Crippen LogP contribution in [0.2, 0.25) is 0 Å². The molecule has 0 amide bonds. The van der Waals surface area contributed by atoms with Crippen LogP contribution in [0.25, 0.3) is 0 Å². The van der Waals surface area contributed by atoms with Crippen molar-refractivity contribution in [2.24, 2.45) is 5.92 Å². The first kappa shape index (κ1) is 18.4. The molecular formula is C16H31NO4. The molecule has 1 aliphatic heterocycles. The first-order valence-corrected chi connectivity index (χ1v) is 7.79. The van der Waals surface area contributed by atoms with Crippen molar-refractivity contribution in [3.63, 3.8) is 0 Å². The number of esters is 1. The molecule has 5 nitrogen and oxygen atoms in total. The van der Waals surface area contributed by atoms with Crippen LogP contribution >= 0.6 is 0 Å². The van der Waals surface area contributed by atoms with Crippen molar-refractivity contribution >= 4 is 5.97 Å². The fourth-order valence-electron chi connectivity index (χ4n) is 2.82. The summed E-state index contributed by atoms with van der Waals surface area (Å²) in [6.07, 6.45) is 2.40. The van der Waals surface area contributed by atoms with E-state index in [4.69, 9.17) is 9.47 Å². The third-order valence-corrected chi connectivity index (χ3v) is 4.09. The number of hydrogen-bond acceptors (Lipinski definition) is 5. The van der Waals surface area contributed by atoms with Crippen molar-refractivity contribution in [3.05, 3.63) is 0 Å². The molecule has 0 aliphatic carbocycles. The van der Waals surface area contributed by atoms with E-state index in [1.165, 1.54) is 0 Å². The van der Waals surface area contributed by atoms with Crippen molar-refractivity contribution in [3.8, 4) is 0 Å². The second-order valence-electron chi connectivity index (χ2n) is 7.21. The zero-order valence-electron chi connectivity index (χ0n) is 14.1. The molecule has 0 bridgehead atoms.